The lowest BCUT2D eigenvalue weighted by Crippen LogP contribution is -2.41. The molecule has 0 radical (unpaired) electrons. The van der Waals surface area contributed by atoms with E-state index in [4.69, 9.17) is 4.42 Å². The van der Waals surface area contributed by atoms with E-state index in [0.29, 0.717) is 5.78 Å². The van der Waals surface area contributed by atoms with Crippen molar-refractivity contribution in [2.75, 3.05) is 0 Å². The zero-order valence-corrected chi connectivity index (χ0v) is 8.43. The molecule has 0 aliphatic heterocycles. The maximum Gasteiger partial charge on any atom is 0.172 e. The van der Waals surface area contributed by atoms with Crippen LogP contribution in [0.15, 0.2) is 10.5 Å². The third kappa shape index (κ3) is 0.887. The first-order chi connectivity index (χ1) is 6.71. The smallest absolute Gasteiger partial charge is 0.172 e. The average molecular weight is 190 g/mol. The van der Waals surface area contributed by atoms with E-state index in [9.17, 15) is 4.79 Å². The Kier molecular flexibility index (Phi) is 1.48. The number of ketones is 1. The zero-order valence-electron chi connectivity index (χ0n) is 8.43. The summed E-state index contributed by atoms with van der Waals surface area (Å²) in [6, 6.07) is 1.91. The van der Waals surface area contributed by atoms with Crippen molar-refractivity contribution in [3.63, 3.8) is 0 Å². The lowest BCUT2D eigenvalue weighted by molar-refractivity contribution is 0.0544. The van der Waals surface area contributed by atoms with Crippen LogP contribution >= 0.6 is 0 Å². The number of aryl methyl sites for hydroxylation is 2. The maximum absolute atomic E-state index is 12.2. The van der Waals surface area contributed by atoms with Gasteiger partial charge in [-0.05, 0) is 32.3 Å². The number of carbonyl (C=O) groups is 1. The molecule has 0 atom stereocenters. The van der Waals surface area contributed by atoms with Crippen LogP contribution in [0.4, 0.5) is 0 Å². The van der Waals surface area contributed by atoms with E-state index in [0.717, 1.165) is 42.8 Å². The van der Waals surface area contributed by atoms with Crippen LogP contribution in [0, 0.1) is 12.3 Å². The topological polar surface area (TPSA) is 30.2 Å². The largest absolute Gasteiger partial charge is 0.466 e. The molecule has 74 valence electrons. The summed E-state index contributed by atoms with van der Waals surface area (Å²) in [5, 5.41) is 0. The van der Waals surface area contributed by atoms with Crippen molar-refractivity contribution in [1.82, 2.24) is 0 Å². The van der Waals surface area contributed by atoms with Crippen molar-refractivity contribution in [2.24, 2.45) is 5.41 Å². The average Bonchev–Trinajstić information content (AvgIpc) is 2.44. The van der Waals surface area contributed by atoms with Gasteiger partial charge in [-0.2, -0.15) is 0 Å². The van der Waals surface area contributed by atoms with Crippen molar-refractivity contribution in [3.05, 3.63) is 23.2 Å². The van der Waals surface area contributed by atoms with Gasteiger partial charge in [0, 0.05) is 11.8 Å². The molecule has 0 bridgehead atoms. The summed E-state index contributed by atoms with van der Waals surface area (Å²) in [6.45, 7) is 1.92. The lowest BCUT2D eigenvalue weighted by Gasteiger charge is -2.42. The van der Waals surface area contributed by atoms with Crippen LogP contribution in [-0.4, -0.2) is 5.78 Å². The zero-order chi connectivity index (χ0) is 9.76. The maximum atomic E-state index is 12.2. The van der Waals surface area contributed by atoms with Crippen LogP contribution in [-0.2, 0) is 6.42 Å². The summed E-state index contributed by atoms with van der Waals surface area (Å²) in [4.78, 5) is 12.2. The minimum absolute atomic E-state index is 0.0172. The fourth-order valence-corrected chi connectivity index (χ4v) is 2.77. The number of carbonyl (C=O) groups excluding carboxylic acids is 1. The number of hydrogen-bond donors (Lipinski definition) is 0. The Bertz CT molecular complexity index is 396. The third-order valence-corrected chi connectivity index (χ3v) is 3.80. The van der Waals surface area contributed by atoms with Gasteiger partial charge in [-0.1, -0.05) is 6.42 Å². The predicted octanol–water partition coefficient (Wildman–Crippen LogP) is 2.89. The molecule has 1 spiro atoms. The Morgan fingerprint density at radius 2 is 2.14 bits per heavy atom. The first-order valence-corrected chi connectivity index (χ1v) is 5.35. The summed E-state index contributed by atoms with van der Waals surface area (Å²) < 4.78 is 5.52. The molecule has 0 amide bonds. The summed E-state index contributed by atoms with van der Waals surface area (Å²) in [7, 11) is 0. The minimum atomic E-state index is 0.0172. The molecule has 3 rings (SSSR count). The minimum Gasteiger partial charge on any atom is -0.466 e. The van der Waals surface area contributed by atoms with Crippen LogP contribution in [0.5, 0.6) is 0 Å². The second-order valence-electron chi connectivity index (χ2n) is 4.66. The third-order valence-electron chi connectivity index (χ3n) is 3.80. The van der Waals surface area contributed by atoms with Gasteiger partial charge in [0.25, 0.3) is 0 Å². The van der Waals surface area contributed by atoms with Crippen molar-refractivity contribution in [3.8, 4) is 0 Å². The van der Waals surface area contributed by atoms with Gasteiger partial charge in [-0.3, -0.25) is 4.79 Å². The molecular weight excluding hydrogens is 176 g/mol. The molecule has 1 saturated carbocycles. The Labute approximate surface area is 83.3 Å². The first-order valence-electron chi connectivity index (χ1n) is 5.35. The molecular formula is C12H14O2. The second-order valence-corrected chi connectivity index (χ2v) is 4.66. The molecule has 0 saturated heterocycles. The molecule has 2 heteroatoms. The Hall–Kier alpha value is -1.05. The molecule has 2 nitrogen and oxygen atoms in total. The van der Waals surface area contributed by atoms with Gasteiger partial charge >= 0.3 is 0 Å². The summed E-state index contributed by atoms with van der Waals surface area (Å²) in [5.41, 5.74) is 0.886. The molecule has 2 aliphatic rings. The standard InChI is InChI=1S/C12H14O2/c1-8-7-9-10(14-8)3-6-12(11(9)13)4-2-5-12/h7H,2-6H2,1H3. The summed E-state index contributed by atoms with van der Waals surface area (Å²) in [5.74, 6) is 2.14. The van der Waals surface area contributed by atoms with E-state index in [-0.39, 0.29) is 5.41 Å². The second kappa shape index (κ2) is 2.50. The fraction of sp³-hybridized carbons (Fsp3) is 0.583. The molecule has 0 aromatic carbocycles. The summed E-state index contributed by atoms with van der Waals surface area (Å²) >= 11 is 0. The lowest BCUT2D eigenvalue weighted by atomic mass is 9.60. The van der Waals surface area contributed by atoms with Crippen LogP contribution in [0.1, 0.15) is 47.6 Å². The van der Waals surface area contributed by atoms with Gasteiger partial charge in [-0.25, -0.2) is 0 Å². The Balaban J connectivity index is 2.06. The predicted molar refractivity (Wildman–Crippen MR) is 52.4 cm³/mol. The van der Waals surface area contributed by atoms with Crippen LogP contribution < -0.4 is 0 Å². The van der Waals surface area contributed by atoms with E-state index >= 15 is 0 Å². The van der Waals surface area contributed by atoms with E-state index < -0.39 is 0 Å². The number of Topliss-reactive ketones (excluding diaryl/α,β-unsaturated/α-hetero) is 1. The highest BCUT2D eigenvalue weighted by molar-refractivity contribution is 6.03. The van der Waals surface area contributed by atoms with Gasteiger partial charge < -0.3 is 4.42 Å². The monoisotopic (exact) mass is 190 g/mol. The van der Waals surface area contributed by atoms with Crippen LogP contribution in [0.3, 0.4) is 0 Å². The van der Waals surface area contributed by atoms with Crippen LogP contribution in [0.2, 0.25) is 0 Å². The highest BCUT2D eigenvalue weighted by Crippen LogP contribution is 2.50. The van der Waals surface area contributed by atoms with Gasteiger partial charge in [0.2, 0.25) is 0 Å². The Morgan fingerprint density at radius 3 is 2.79 bits per heavy atom. The molecule has 1 aromatic rings. The number of fused-ring (bicyclic) bond motifs is 1. The van der Waals surface area contributed by atoms with Gasteiger partial charge in [-0.15, -0.1) is 0 Å². The molecule has 1 aromatic heterocycles. The van der Waals surface area contributed by atoms with Crippen LogP contribution in [0.25, 0.3) is 0 Å². The molecule has 14 heavy (non-hydrogen) atoms. The van der Waals surface area contributed by atoms with Crippen molar-refractivity contribution in [1.29, 1.82) is 0 Å². The van der Waals surface area contributed by atoms with Gasteiger partial charge in [0.1, 0.15) is 11.5 Å². The molecule has 0 unspecified atom stereocenters. The quantitative estimate of drug-likeness (QED) is 0.629. The molecule has 2 aliphatic carbocycles. The SMILES string of the molecule is Cc1cc2c(o1)CCC1(CCC1)C2=O. The van der Waals surface area contributed by atoms with Crippen molar-refractivity contribution in [2.45, 2.75) is 39.0 Å². The summed E-state index contributed by atoms with van der Waals surface area (Å²) in [6.07, 6.45) is 5.36. The number of furan rings is 1. The van der Waals surface area contributed by atoms with Gasteiger partial charge in [0.05, 0.1) is 5.56 Å². The molecule has 0 N–H and O–H groups in total. The normalized spacial score (nSPS) is 23.4. The molecule has 1 fully saturated rings. The first kappa shape index (κ1) is 8.27. The van der Waals surface area contributed by atoms with E-state index in [1.165, 1.54) is 6.42 Å². The highest BCUT2D eigenvalue weighted by Gasteiger charge is 2.47. The Morgan fingerprint density at radius 1 is 1.36 bits per heavy atom. The molecule has 1 heterocycles. The number of hydrogen-bond acceptors (Lipinski definition) is 2. The van der Waals surface area contributed by atoms with Crippen molar-refractivity contribution < 1.29 is 9.21 Å². The van der Waals surface area contributed by atoms with E-state index in [1.807, 2.05) is 13.0 Å². The number of rotatable bonds is 0. The van der Waals surface area contributed by atoms with Gasteiger partial charge in [0.15, 0.2) is 5.78 Å². The van der Waals surface area contributed by atoms with E-state index in [2.05, 4.69) is 0 Å². The van der Waals surface area contributed by atoms with Crippen molar-refractivity contribution >= 4 is 5.78 Å². The fourth-order valence-electron chi connectivity index (χ4n) is 2.77. The highest BCUT2D eigenvalue weighted by atomic mass is 16.3. The van der Waals surface area contributed by atoms with E-state index in [1.54, 1.807) is 0 Å².